The summed E-state index contributed by atoms with van der Waals surface area (Å²) >= 11 is 1.66. The summed E-state index contributed by atoms with van der Waals surface area (Å²) in [6.07, 6.45) is 7.30. The largest absolute Gasteiger partial charge is 0.396 e. The van der Waals surface area contributed by atoms with Crippen LogP contribution in [0.15, 0.2) is 36.8 Å². The monoisotopic (exact) mass is 411 g/mol. The summed E-state index contributed by atoms with van der Waals surface area (Å²) < 4.78 is 16.4. The Labute approximate surface area is 171 Å². The minimum Gasteiger partial charge on any atom is -0.396 e. The fourth-order valence-corrected chi connectivity index (χ4v) is 5.13. The first-order valence-corrected chi connectivity index (χ1v) is 10.7. The summed E-state index contributed by atoms with van der Waals surface area (Å²) in [6, 6.07) is 8.02. The van der Waals surface area contributed by atoms with Crippen molar-refractivity contribution in [3.8, 4) is 0 Å². The van der Waals surface area contributed by atoms with E-state index in [1.54, 1.807) is 17.7 Å². The Kier molecular flexibility index (Phi) is 4.89. The number of anilines is 1. The van der Waals surface area contributed by atoms with Gasteiger partial charge in [0.1, 0.15) is 11.3 Å². The fourth-order valence-electron chi connectivity index (χ4n) is 4.13. The minimum atomic E-state index is -0.378. The van der Waals surface area contributed by atoms with Crippen molar-refractivity contribution in [3.63, 3.8) is 0 Å². The van der Waals surface area contributed by atoms with Crippen LogP contribution in [0.2, 0.25) is 0 Å². The molecule has 2 N–H and O–H groups in total. The van der Waals surface area contributed by atoms with Crippen molar-refractivity contribution in [2.75, 3.05) is 11.9 Å². The molecule has 0 aliphatic heterocycles. The number of thiazole rings is 1. The average molecular weight is 412 g/mol. The van der Waals surface area contributed by atoms with Crippen LogP contribution in [0.5, 0.6) is 0 Å². The van der Waals surface area contributed by atoms with Gasteiger partial charge < -0.3 is 15.0 Å². The predicted molar refractivity (Wildman–Crippen MR) is 113 cm³/mol. The number of nitrogens with zero attached hydrogens (tertiary/aromatic N) is 4. The first kappa shape index (κ1) is 18.4. The second-order valence-electron chi connectivity index (χ2n) is 7.75. The van der Waals surface area contributed by atoms with Crippen LogP contribution in [0, 0.1) is 11.7 Å². The number of nitrogens with one attached hydrogen (secondary N) is 1. The highest BCUT2D eigenvalue weighted by atomic mass is 32.1. The Morgan fingerprint density at radius 1 is 1.21 bits per heavy atom. The molecule has 0 spiro atoms. The van der Waals surface area contributed by atoms with Crippen LogP contribution in [0.4, 0.5) is 9.52 Å². The van der Waals surface area contributed by atoms with Crippen LogP contribution in [0.25, 0.3) is 21.4 Å². The third-order valence-electron chi connectivity index (χ3n) is 5.60. The average Bonchev–Trinajstić information content (AvgIpc) is 3.31. The van der Waals surface area contributed by atoms with E-state index in [9.17, 15) is 9.50 Å². The van der Waals surface area contributed by atoms with Gasteiger partial charge in [0.25, 0.3) is 0 Å². The number of aromatic nitrogens is 4. The van der Waals surface area contributed by atoms with Crippen LogP contribution in [0.3, 0.4) is 0 Å². The molecule has 0 unspecified atom stereocenters. The van der Waals surface area contributed by atoms with Gasteiger partial charge in [0, 0.05) is 18.7 Å². The van der Waals surface area contributed by atoms with Gasteiger partial charge in [-0.2, -0.15) is 0 Å². The molecule has 150 valence electrons. The van der Waals surface area contributed by atoms with E-state index in [0.29, 0.717) is 29.7 Å². The molecule has 2 atom stereocenters. The summed E-state index contributed by atoms with van der Waals surface area (Å²) in [6.45, 7) is 0.887. The van der Waals surface area contributed by atoms with Crippen molar-refractivity contribution in [2.45, 2.75) is 38.3 Å². The van der Waals surface area contributed by atoms with E-state index in [2.05, 4.69) is 27.4 Å². The Hall–Kier alpha value is -2.58. The molecule has 4 aromatic rings. The molecular weight excluding hydrogens is 389 g/mol. The molecule has 0 amide bonds. The Balaban J connectivity index is 1.35. The maximum absolute atomic E-state index is 13.3. The molecule has 0 saturated heterocycles. The van der Waals surface area contributed by atoms with Gasteiger partial charge in [0.2, 0.25) is 0 Å². The molecular formula is C21H22FN5OS. The van der Waals surface area contributed by atoms with Gasteiger partial charge in [-0.05, 0) is 42.9 Å². The Bertz CT molecular complexity index is 1160. The van der Waals surface area contributed by atoms with E-state index in [1.807, 2.05) is 10.6 Å². The quantitative estimate of drug-likeness (QED) is 0.515. The number of aliphatic hydroxyl groups excluding tert-OH is 1. The van der Waals surface area contributed by atoms with Gasteiger partial charge in [-0.15, -0.1) is 0 Å². The number of benzene rings is 1. The maximum atomic E-state index is 13.3. The van der Waals surface area contributed by atoms with Crippen molar-refractivity contribution >= 4 is 37.8 Å². The fraction of sp³-hybridized carbons (Fsp3) is 0.381. The van der Waals surface area contributed by atoms with E-state index in [1.165, 1.54) is 12.3 Å². The highest BCUT2D eigenvalue weighted by Crippen LogP contribution is 2.31. The number of pyridine rings is 1. The van der Waals surface area contributed by atoms with Gasteiger partial charge in [-0.25, -0.2) is 19.3 Å². The lowest BCUT2D eigenvalue weighted by atomic mass is 9.86. The molecule has 1 aromatic carbocycles. The summed E-state index contributed by atoms with van der Waals surface area (Å²) in [5.41, 5.74) is 3.33. The van der Waals surface area contributed by atoms with E-state index >= 15 is 0 Å². The van der Waals surface area contributed by atoms with Gasteiger partial charge in [-0.1, -0.05) is 23.8 Å². The molecule has 0 bridgehead atoms. The topological polar surface area (TPSA) is 75.9 Å². The lowest BCUT2D eigenvalue weighted by molar-refractivity contribution is 0.184. The van der Waals surface area contributed by atoms with E-state index in [0.717, 1.165) is 46.6 Å². The molecule has 5 rings (SSSR count). The van der Waals surface area contributed by atoms with E-state index < -0.39 is 0 Å². The highest BCUT2D eigenvalue weighted by Gasteiger charge is 2.22. The molecule has 3 aromatic heterocycles. The molecule has 8 heteroatoms. The second-order valence-corrected chi connectivity index (χ2v) is 8.78. The first-order chi connectivity index (χ1) is 14.2. The third kappa shape index (κ3) is 3.82. The summed E-state index contributed by atoms with van der Waals surface area (Å²) in [4.78, 5) is 13.1. The lowest BCUT2D eigenvalue weighted by Crippen LogP contribution is -2.28. The van der Waals surface area contributed by atoms with Gasteiger partial charge in [-0.3, -0.25) is 0 Å². The SMILES string of the molecule is OC[C@@H]1CCC[C@@H](Nc2nc3ccc(Cn4cnc5cc(F)cnc54)cc3s2)C1. The lowest BCUT2D eigenvalue weighted by Gasteiger charge is -2.28. The van der Waals surface area contributed by atoms with Gasteiger partial charge >= 0.3 is 0 Å². The van der Waals surface area contributed by atoms with Crippen molar-refractivity contribution in [1.82, 2.24) is 19.5 Å². The van der Waals surface area contributed by atoms with Gasteiger partial charge in [0.05, 0.1) is 29.3 Å². The molecule has 29 heavy (non-hydrogen) atoms. The molecule has 6 nitrogen and oxygen atoms in total. The van der Waals surface area contributed by atoms with Crippen molar-refractivity contribution in [2.24, 2.45) is 5.92 Å². The molecule has 0 radical (unpaired) electrons. The Morgan fingerprint density at radius 2 is 2.14 bits per heavy atom. The number of halogens is 1. The van der Waals surface area contributed by atoms with Crippen LogP contribution < -0.4 is 5.32 Å². The van der Waals surface area contributed by atoms with E-state index in [4.69, 9.17) is 4.98 Å². The number of aliphatic hydroxyl groups is 1. The normalized spacial score (nSPS) is 19.8. The third-order valence-corrected chi connectivity index (χ3v) is 6.55. The van der Waals surface area contributed by atoms with Crippen molar-refractivity contribution < 1.29 is 9.50 Å². The van der Waals surface area contributed by atoms with Crippen LogP contribution in [-0.2, 0) is 6.54 Å². The predicted octanol–water partition coefficient (Wildman–Crippen LogP) is 4.19. The summed E-state index contributed by atoms with van der Waals surface area (Å²) in [5.74, 6) is 0.0199. The molecule has 3 heterocycles. The van der Waals surface area contributed by atoms with E-state index in [-0.39, 0.29) is 12.4 Å². The summed E-state index contributed by atoms with van der Waals surface area (Å²) in [5, 5.41) is 13.9. The zero-order chi connectivity index (χ0) is 19.8. The molecule has 1 saturated carbocycles. The number of fused-ring (bicyclic) bond motifs is 2. The van der Waals surface area contributed by atoms with Gasteiger partial charge in [0.15, 0.2) is 10.8 Å². The van der Waals surface area contributed by atoms with Crippen LogP contribution in [-0.4, -0.2) is 37.3 Å². The Morgan fingerprint density at radius 3 is 3.03 bits per heavy atom. The molecule has 1 aliphatic carbocycles. The maximum Gasteiger partial charge on any atom is 0.184 e. The van der Waals surface area contributed by atoms with Crippen LogP contribution in [0.1, 0.15) is 31.2 Å². The number of hydrogen-bond donors (Lipinski definition) is 2. The standard InChI is InChI=1S/C21H22FN5OS/c22-15-8-18-20(23-9-15)27(12-24-18)10-13-4-5-17-19(7-13)29-21(26-17)25-16-3-1-2-14(6-16)11-28/h4-5,7-9,12,14,16,28H,1-3,6,10-11H2,(H,25,26)/t14-,16-/m1/s1. The first-order valence-electron chi connectivity index (χ1n) is 9.91. The zero-order valence-electron chi connectivity index (χ0n) is 15.9. The summed E-state index contributed by atoms with van der Waals surface area (Å²) in [7, 11) is 0. The molecule has 1 fully saturated rings. The van der Waals surface area contributed by atoms with Crippen molar-refractivity contribution in [1.29, 1.82) is 0 Å². The van der Waals surface area contributed by atoms with Crippen molar-refractivity contribution in [3.05, 3.63) is 48.2 Å². The zero-order valence-corrected chi connectivity index (χ0v) is 16.7. The number of rotatable bonds is 5. The number of imidazole rings is 1. The highest BCUT2D eigenvalue weighted by molar-refractivity contribution is 7.22. The second kappa shape index (κ2) is 7.68. The smallest absolute Gasteiger partial charge is 0.184 e. The number of hydrogen-bond acceptors (Lipinski definition) is 6. The molecule has 1 aliphatic rings. The minimum absolute atomic E-state index is 0.270. The van der Waals surface area contributed by atoms with Crippen LogP contribution >= 0.6 is 11.3 Å².